The van der Waals surface area contributed by atoms with Gasteiger partial charge in [-0.1, -0.05) is 13.3 Å². The van der Waals surface area contributed by atoms with Crippen LogP contribution in [0.2, 0.25) is 0 Å². The average molecular weight is 247 g/mol. The van der Waals surface area contributed by atoms with Crippen LogP contribution in [0.5, 0.6) is 0 Å². The Labute approximate surface area is 97.3 Å². The molecule has 0 amide bonds. The van der Waals surface area contributed by atoms with Crippen LogP contribution in [0.15, 0.2) is 0 Å². The summed E-state index contributed by atoms with van der Waals surface area (Å²) in [7, 11) is -3.02. The third-order valence-electron chi connectivity index (χ3n) is 4.05. The molecule has 0 aliphatic carbocycles. The Kier molecular flexibility index (Phi) is 3.29. The van der Waals surface area contributed by atoms with Gasteiger partial charge in [-0.3, -0.25) is 0 Å². The summed E-state index contributed by atoms with van der Waals surface area (Å²) in [6.07, 6.45) is 3.54. The van der Waals surface area contributed by atoms with Gasteiger partial charge in [-0.25, -0.2) is 8.42 Å². The molecule has 0 aromatic rings. The fraction of sp³-hybridized carbons (Fsp3) is 1.00. The number of piperidine rings is 1. The van der Waals surface area contributed by atoms with E-state index >= 15 is 0 Å². The van der Waals surface area contributed by atoms with Crippen molar-refractivity contribution in [1.29, 1.82) is 0 Å². The Morgan fingerprint density at radius 2 is 2.25 bits per heavy atom. The largest absolute Gasteiger partial charge is 0.387 e. The topological polar surface area (TPSA) is 66.4 Å². The van der Waals surface area contributed by atoms with Crippen LogP contribution in [-0.4, -0.2) is 43.2 Å². The first-order chi connectivity index (χ1) is 7.45. The van der Waals surface area contributed by atoms with Gasteiger partial charge < -0.3 is 10.4 Å². The Balaban J connectivity index is 2.07. The smallest absolute Gasteiger partial charge is 0.153 e. The second-order valence-corrected chi connectivity index (χ2v) is 7.44. The molecule has 2 fully saturated rings. The molecule has 16 heavy (non-hydrogen) atoms. The van der Waals surface area contributed by atoms with Gasteiger partial charge in [0.15, 0.2) is 9.84 Å². The lowest BCUT2D eigenvalue weighted by atomic mass is 9.81. The molecule has 0 aromatic carbocycles. The monoisotopic (exact) mass is 247 g/mol. The van der Waals surface area contributed by atoms with E-state index in [0.29, 0.717) is 12.3 Å². The Hall–Kier alpha value is -0.130. The number of rotatable bonds is 2. The van der Waals surface area contributed by atoms with E-state index in [-0.39, 0.29) is 17.5 Å². The molecule has 2 aliphatic heterocycles. The van der Waals surface area contributed by atoms with Crippen LogP contribution in [0, 0.1) is 5.92 Å². The summed E-state index contributed by atoms with van der Waals surface area (Å²) in [6, 6.07) is -0.0384. The molecule has 3 unspecified atom stereocenters. The van der Waals surface area contributed by atoms with Crippen molar-refractivity contribution in [3.8, 4) is 0 Å². The number of hydrogen-bond acceptors (Lipinski definition) is 4. The Morgan fingerprint density at radius 1 is 1.50 bits per heavy atom. The van der Waals surface area contributed by atoms with Crippen LogP contribution in [0.25, 0.3) is 0 Å². The van der Waals surface area contributed by atoms with Crippen molar-refractivity contribution in [3.63, 3.8) is 0 Å². The maximum absolute atomic E-state index is 11.5. The van der Waals surface area contributed by atoms with E-state index in [1.807, 2.05) is 0 Å². The van der Waals surface area contributed by atoms with E-state index in [9.17, 15) is 13.5 Å². The molecule has 5 heteroatoms. The fourth-order valence-corrected chi connectivity index (χ4v) is 4.82. The van der Waals surface area contributed by atoms with E-state index < -0.39 is 15.4 Å². The van der Waals surface area contributed by atoms with Gasteiger partial charge in [0.2, 0.25) is 0 Å². The number of sulfone groups is 1. The predicted octanol–water partition coefficient (Wildman–Crippen LogP) is 0.314. The van der Waals surface area contributed by atoms with Crippen molar-refractivity contribution < 1.29 is 13.5 Å². The van der Waals surface area contributed by atoms with Crippen LogP contribution in [0.4, 0.5) is 0 Å². The molecule has 2 heterocycles. The molecule has 2 N–H and O–H groups in total. The highest BCUT2D eigenvalue weighted by Gasteiger charge is 2.47. The summed E-state index contributed by atoms with van der Waals surface area (Å²) in [5.74, 6) is 0.700. The molecular weight excluding hydrogens is 226 g/mol. The molecule has 0 saturated carbocycles. The molecule has 2 aliphatic rings. The summed E-state index contributed by atoms with van der Waals surface area (Å²) in [4.78, 5) is 0. The van der Waals surface area contributed by atoms with Crippen LogP contribution < -0.4 is 5.32 Å². The molecule has 2 rings (SSSR count). The third-order valence-corrected chi connectivity index (χ3v) is 5.82. The van der Waals surface area contributed by atoms with E-state index in [2.05, 4.69) is 12.2 Å². The molecule has 4 nitrogen and oxygen atoms in total. The van der Waals surface area contributed by atoms with Crippen molar-refractivity contribution in [2.45, 2.75) is 44.2 Å². The zero-order valence-corrected chi connectivity index (χ0v) is 10.6. The summed E-state index contributed by atoms with van der Waals surface area (Å²) in [5.41, 5.74) is -1.02. The van der Waals surface area contributed by atoms with Crippen molar-refractivity contribution in [1.82, 2.24) is 5.32 Å². The van der Waals surface area contributed by atoms with Gasteiger partial charge in [0.25, 0.3) is 0 Å². The lowest BCUT2D eigenvalue weighted by molar-refractivity contribution is 0.00794. The van der Waals surface area contributed by atoms with E-state index in [1.165, 1.54) is 0 Å². The van der Waals surface area contributed by atoms with Crippen LogP contribution >= 0.6 is 0 Å². The first-order valence-corrected chi connectivity index (χ1v) is 7.93. The first kappa shape index (κ1) is 12.3. The van der Waals surface area contributed by atoms with E-state index in [1.54, 1.807) is 0 Å². The molecule has 0 bridgehead atoms. The van der Waals surface area contributed by atoms with Crippen LogP contribution in [0.3, 0.4) is 0 Å². The normalized spacial score (nSPS) is 43.4. The lowest BCUT2D eigenvalue weighted by Crippen LogP contribution is -2.55. The summed E-state index contributed by atoms with van der Waals surface area (Å²) < 4.78 is 22.9. The second kappa shape index (κ2) is 4.27. The molecule has 94 valence electrons. The van der Waals surface area contributed by atoms with Gasteiger partial charge in [0.1, 0.15) is 0 Å². The maximum Gasteiger partial charge on any atom is 0.153 e. The standard InChI is InChI=1S/C11H21NO3S/c1-2-9-3-5-12-10(7-9)11(13)4-6-16(14,15)8-11/h9-10,12-13H,2-8H2,1H3. The van der Waals surface area contributed by atoms with Gasteiger partial charge >= 0.3 is 0 Å². The van der Waals surface area contributed by atoms with Crippen LogP contribution in [0.1, 0.15) is 32.6 Å². The van der Waals surface area contributed by atoms with Gasteiger partial charge in [0.05, 0.1) is 17.1 Å². The highest BCUT2D eigenvalue weighted by molar-refractivity contribution is 7.91. The number of aliphatic hydroxyl groups is 1. The number of nitrogens with one attached hydrogen (secondary N) is 1. The van der Waals surface area contributed by atoms with Crippen LogP contribution in [-0.2, 0) is 9.84 Å². The highest BCUT2D eigenvalue weighted by atomic mass is 32.2. The summed E-state index contributed by atoms with van der Waals surface area (Å²) in [5, 5.41) is 13.7. The van der Waals surface area contributed by atoms with Gasteiger partial charge in [-0.05, 0) is 31.7 Å². The van der Waals surface area contributed by atoms with Gasteiger partial charge in [0, 0.05) is 6.04 Å². The van der Waals surface area contributed by atoms with Gasteiger partial charge in [-0.15, -0.1) is 0 Å². The molecule has 2 saturated heterocycles. The second-order valence-electron chi connectivity index (χ2n) is 5.25. The molecule has 0 radical (unpaired) electrons. The third kappa shape index (κ3) is 2.41. The highest BCUT2D eigenvalue weighted by Crippen LogP contribution is 2.33. The summed E-state index contributed by atoms with van der Waals surface area (Å²) >= 11 is 0. The average Bonchev–Trinajstić information content (AvgIpc) is 2.55. The van der Waals surface area contributed by atoms with E-state index in [4.69, 9.17) is 0 Å². The lowest BCUT2D eigenvalue weighted by Gasteiger charge is -2.38. The minimum absolute atomic E-state index is 0.0384. The van der Waals surface area contributed by atoms with Crippen molar-refractivity contribution >= 4 is 9.84 Å². The Bertz CT molecular complexity index is 354. The zero-order chi connectivity index (χ0) is 11.8. The predicted molar refractivity (Wildman–Crippen MR) is 63.0 cm³/mol. The quantitative estimate of drug-likeness (QED) is 0.737. The minimum Gasteiger partial charge on any atom is -0.387 e. The first-order valence-electron chi connectivity index (χ1n) is 6.11. The van der Waals surface area contributed by atoms with Gasteiger partial charge in [-0.2, -0.15) is 0 Å². The van der Waals surface area contributed by atoms with Crippen molar-refractivity contribution in [2.24, 2.45) is 5.92 Å². The zero-order valence-electron chi connectivity index (χ0n) is 9.78. The SMILES string of the molecule is CCC1CCNC(C2(O)CCS(=O)(=O)C2)C1. The minimum atomic E-state index is -3.02. The van der Waals surface area contributed by atoms with E-state index in [0.717, 1.165) is 25.8 Å². The fourth-order valence-electron chi connectivity index (χ4n) is 2.91. The Morgan fingerprint density at radius 3 is 2.81 bits per heavy atom. The molecule has 0 aromatic heterocycles. The molecule has 0 spiro atoms. The molecular formula is C11H21NO3S. The number of hydrogen-bond donors (Lipinski definition) is 2. The summed E-state index contributed by atoms with van der Waals surface area (Å²) in [6.45, 7) is 3.05. The van der Waals surface area contributed by atoms with Crippen molar-refractivity contribution in [3.05, 3.63) is 0 Å². The molecule has 3 atom stereocenters. The maximum atomic E-state index is 11.5. The van der Waals surface area contributed by atoms with Crippen molar-refractivity contribution in [2.75, 3.05) is 18.1 Å².